The largest absolute Gasteiger partial charge is 0.493 e. The summed E-state index contributed by atoms with van der Waals surface area (Å²) in [7, 11) is 1.59. The Bertz CT molecular complexity index is 1110. The molecule has 166 valence electrons. The predicted molar refractivity (Wildman–Crippen MR) is 126 cm³/mol. The summed E-state index contributed by atoms with van der Waals surface area (Å²) in [5.41, 5.74) is 7.65. The van der Waals surface area contributed by atoms with Gasteiger partial charge in [0.05, 0.1) is 13.3 Å². The zero-order chi connectivity index (χ0) is 22.9. The third-order valence-electron chi connectivity index (χ3n) is 4.92. The molecule has 3 aromatic carbocycles. The number of carbonyl (C=O) groups is 1. The molecule has 0 heterocycles. The fraction of sp³-hybridized carbons (Fsp3) is 0.231. The highest BCUT2D eigenvalue weighted by atomic mass is 16.5. The van der Waals surface area contributed by atoms with Gasteiger partial charge in [-0.25, -0.2) is 5.43 Å². The van der Waals surface area contributed by atoms with Gasteiger partial charge in [-0.1, -0.05) is 42.0 Å². The van der Waals surface area contributed by atoms with Crippen LogP contribution in [0.3, 0.4) is 0 Å². The molecule has 1 amide bonds. The molecule has 0 atom stereocenters. The number of nitrogens with zero attached hydrogens (tertiary/aromatic N) is 1. The summed E-state index contributed by atoms with van der Waals surface area (Å²) >= 11 is 0. The summed E-state index contributed by atoms with van der Waals surface area (Å²) in [5.74, 6) is 1.57. The maximum atomic E-state index is 12.0. The Balaban J connectivity index is 1.53. The Labute approximate surface area is 188 Å². The van der Waals surface area contributed by atoms with E-state index >= 15 is 0 Å². The number of methoxy groups -OCH3 is 1. The quantitative estimate of drug-likeness (QED) is 0.392. The van der Waals surface area contributed by atoms with Crippen LogP contribution in [0.1, 0.15) is 27.8 Å². The number of hydrogen-bond donors (Lipinski definition) is 1. The molecule has 0 bridgehead atoms. The Morgan fingerprint density at radius 2 is 1.69 bits per heavy atom. The summed E-state index contributed by atoms with van der Waals surface area (Å²) in [6, 6.07) is 19.4. The normalized spacial score (nSPS) is 10.8. The third-order valence-corrected chi connectivity index (χ3v) is 4.92. The van der Waals surface area contributed by atoms with Gasteiger partial charge in [-0.3, -0.25) is 4.79 Å². The Morgan fingerprint density at radius 1 is 0.906 bits per heavy atom. The first-order valence-electron chi connectivity index (χ1n) is 10.3. The molecule has 0 aliphatic rings. The van der Waals surface area contributed by atoms with Crippen LogP contribution in [-0.2, 0) is 11.4 Å². The molecule has 1 N–H and O–H groups in total. The van der Waals surface area contributed by atoms with E-state index in [4.69, 9.17) is 14.2 Å². The molecular weight excluding hydrogens is 404 g/mol. The van der Waals surface area contributed by atoms with Crippen LogP contribution in [0.5, 0.6) is 17.2 Å². The molecule has 0 aliphatic carbocycles. The molecular formula is C26H28N2O4. The van der Waals surface area contributed by atoms with Crippen molar-refractivity contribution >= 4 is 12.1 Å². The van der Waals surface area contributed by atoms with Gasteiger partial charge in [0.15, 0.2) is 18.1 Å². The molecule has 0 spiro atoms. The van der Waals surface area contributed by atoms with Crippen molar-refractivity contribution in [3.05, 3.63) is 88.5 Å². The molecule has 0 fully saturated rings. The highest BCUT2D eigenvalue weighted by Crippen LogP contribution is 2.28. The van der Waals surface area contributed by atoms with Crippen LogP contribution >= 0.6 is 0 Å². The minimum atomic E-state index is -0.341. The Morgan fingerprint density at radius 3 is 2.44 bits per heavy atom. The lowest BCUT2D eigenvalue weighted by molar-refractivity contribution is -0.123. The Hall–Kier alpha value is -3.80. The lowest BCUT2D eigenvalue weighted by atomic mass is 10.1. The topological polar surface area (TPSA) is 69.2 Å². The second-order valence-electron chi connectivity index (χ2n) is 7.48. The number of rotatable bonds is 9. The molecule has 0 saturated heterocycles. The minimum Gasteiger partial charge on any atom is -0.493 e. The van der Waals surface area contributed by atoms with E-state index < -0.39 is 0 Å². The number of hydrogen-bond acceptors (Lipinski definition) is 5. The van der Waals surface area contributed by atoms with E-state index in [1.807, 2.05) is 62.4 Å². The van der Waals surface area contributed by atoms with Gasteiger partial charge in [-0.15, -0.1) is 0 Å². The molecule has 0 unspecified atom stereocenters. The number of carbonyl (C=O) groups excluding carboxylic acids is 1. The molecule has 0 radical (unpaired) electrons. The smallest absolute Gasteiger partial charge is 0.277 e. The average Bonchev–Trinajstić information content (AvgIpc) is 2.78. The van der Waals surface area contributed by atoms with E-state index in [2.05, 4.69) is 23.5 Å². The third kappa shape index (κ3) is 6.35. The fourth-order valence-corrected chi connectivity index (χ4v) is 3.13. The second-order valence-corrected chi connectivity index (χ2v) is 7.48. The average molecular weight is 433 g/mol. The van der Waals surface area contributed by atoms with E-state index in [0.717, 1.165) is 22.3 Å². The van der Waals surface area contributed by atoms with Crippen molar-refractivity contribution in [1.29, 1.82) is 0 Å². The summed E-state index contributed by atoms with van der Waals surface area (Å²) in [6.45, 7) is 6.34. The Kier molecular flexibility index (Phi) is 7.86. The monoisotopic (exact) mass is 432 g/mol. The molecule has 0 aromatic heterocycles. The van der Waals surface area contributed by atoms with Crippen LogP contribution in [0.25, 0.3) is 0 Å². The van der Waals surface area contributed by atoms with Crippen LogP contribution < -0.4 is 19.6 Å². The molecule has 0 saturated carbocycles. The highest BCUT2D eigenvalue weighted by molar-refractivity contribution is 5.83. The van der Waals surface area contributed by atoms with Gasteiger partial charge in [0.25, 0.3) is 5.91 Å². The van der Waals surface area contributed by atoms with E-state index in [0.29, 0.717) is 23.9 Å². The van der Waals surface area contributed by atoms with Gasteiger partial charge < -0.3 is 14.2 Å². The molecule has 6 heteroatoms. The summed E-state index contributed by atoms with van der Waals surface area (Å²) in [6.07, 6.45) is 1.54. The number of amides is 1. The maximum Gasteiger partial charge on any atom is 0.277 e. The number of hydrazone groups is 1. The maximum absolute atomic E-state index is 12.0. The van der Waals surface area contributed by atoms with E-state index in [-0.39, 0.29) is 12.5 Å². The van der Waals surface area contributed by atoms with Crippen LogP contribution in [0, 0.1) is 20.8 Å². The summed E-state index contributed by atoms with van der Waals surface area (Å²) < 4.78 is 16.9. The van der Waals surface area contributed by atoms with Crippen LogP contribution in [-0.4, -0.2) is 25.8 Å². The first-order valence-corrected chi connectivity index (χ1v) is 10.3. The van der Waals surface area contributed by atoms with Crippen LogP contribution in [0.2, 0.25) is 0 Å². The van der Waals surface area contributed by atoms with Crippen molar-refractivity contribution in [1.82, 2.24) is 5.43 Å². The van der Waals surface area contributed by atoms with Crippen molar-refractivity contribution < 1.29 is 19.0 Å². The van der Waals surface area contributed by atoms with Gasteiger partial charge in [0.1, 0.15) is 12.4 Å². The van der Waals surface area contributed by atoms with Gasteiger partial charge in [0, 0.05) is 0 Å². The van der Waals surface area contributed by atoms with Crippen LogP contribution in [0.4, 0.5) is 0 Å². The van der Waals surface area contributed by atoms with E-state index in [1.54, 1.807) is 19.4 Å². The van der Waals surface area contributed by atoms with E-state index in [9.17, 15) is 4.79 Å². The van der Waals surface area contributed by atoms with Crippen molar-refractivity contribution in [3.63, 3.8) is 0 Å². The SMILES string of the molecule is COc1cc(/C=N/NC(=O)COc2ccc(C)cc2C)ccc1OCc1ccccc1C. The number of nitrogens with one attached hydrogen (secondary N) is 1. The standard InChI is InChI=1S/C26H28N2O4/c1-18-9-11-23(20(3)13-18)32-17-26(29)28-27-15-21-10-12-24(25(14-21)30-4)31-16-22-8-6-5-7-19(22)2/h5-15H,16-17H2,1-4H3,(H,28,29)/b27-15+. The van der Waals surface area contributed by atoms with E-state index in [1.165, 1.54) is 5.56 Å². The summed E-state index contributed by atoms with van der Waals surface area (Å²) in [4.78, 5) is 12.0. The molecule has 32 heavy (non-hydrogen) atoms. The minimum absolute atomic E-state index is 0.115. The van der Waals surface area contributed by atoms with Crippen molar-refractivity contribution in [2.45, 2.75) is 27.4 Å². The summed E-state index contributed by atoms with van der Waals surface area (Å²) in [5, 5.41) is 4.00. The van der Waals surface area contributed by atoms with Crippen LogP contribution in [0.15, 0.2) is 65.8 Å². The van der Waals surface area contributed by atoms with Gasteiger partial charge in [-0.2, -0.15) is 5.10 Å². The first-order chi connectivity index (χ1) is 15.5. The van der Waals surface area contributed by atoms with Gasteiger partial charge in [-0.05, 0) is 67.3 Å². The van der Waals surface area contributed by atoms with Gasteiger partial charge >= 0.3 is 0 Å². The number of aryl methyl sites for hydroxylation is 3. The predicted octanol–water partition coefficient (Wildman–Crippen LogP) is 4.73. The lowest BCUT2D eigenvalue weighted by Crippen LogP contribution is -2.24. The number of benzene rings is 3. The zero-order valence-corrected chi connectivity index (χ0v) is 18.8. The first kappa shape index (κ1) is 22.9. The molecule has 3 aromatic rings. The van der Waals surface area contributed by atoms with Crippen molar-refractivity contribution in [3.8, 4) is 17.2 Å². The molecule has 6 nitrogen and oxygen atoms in total. The van der Waals surface area contributed by atoms with Crippen molar-refractivity contribution in [2.24, 2.45) is 5.10 Å². The highest BCUT2D eigenvalue weighted by Gasteiger charge is 2.07. The second kappa shape index (κ2) is 11.0. The van der Waals surface area contributed by atoms with Crippen molar-refractivity contribution in [2.75, 3.05) is 13.7 Å². The lowest BCUT2D eigenvalue weighted by Gasteiger charge is -2.12. The zero-order valence-electron chi connectivity index (χ0n) is 18.8. The fourth-order valence-electron chi connectivity index (χ4n) is 3.13. The van der Waals surface area contributed by atoms with Gasteiger partial charge in [0.2, 0.25) is 0 Å². The molecule has 0 aliphatic heterocycles. The molecule has 3 rings (SSSR count). The number of ether oxygens (including phenoxy) is 3.